The second kappa shape index (κ2) is 20.4. The Morgan fingerprint density at radius 2 is 1.62 bits per heavy atom. The van der Waals surface area contributed by atoms with Gasteiger partial charge in [0, 0.05) is 44.8 Å². The molecule has 2 saturated carbocycles. The van der Waals surface area contributed by atoms with Crippen molar-refractivity contribution >= 4 is 11.8 Å². The highest BCUT2D eigenvalue weighted by Crippen LogP contribution is 2.60. The van der Waals surface area contributed by atoms with E-state index in [1.807, 2.05) is 24.7 Å². The summed E-state index contributed by atoms with van der Waals surface area (Å²) in [6.45, 7) is 8.10. The topological polar surface area (TPSA) is 142 Å². The zero-order valence-electron chi connectivity index (χ0n) is 39.2. The molecule has 6 aliphatic rings. The van der Waals surface area contributed by atoms with E-state index in [4.69, 9.17) is 43.1 Å². The standard InChI is InChI=1S/C49H71FN4O10/c1-10-32-12-11-13-41(64-43-19-18-39(53(5)6)27(3)60-43)26(2)45(56)37-23-35-34-22-33(63-49-48(59-9)47(58-8)46(57-7)28(4)61-49)20-30(34)21-40(44(35)36(37)24-42(55)62-32)54-25-38(51-52-54)29-14-16-31(50)17-15-29/h14-17,23,25-28,30,32-36,39-41,43-44,46-49H,10-13,18-22,24H2,1-9H3/t26-,27?,28?,30+,32+,33-,34-,35+,36-,39+,40-,41+,43+,44-,46+,47?,48+,49+/m1/s1. The van der Waals surface area contributed by atoms with E-state index in [2.05, 4.69) is 44.0 Å². The Labute approximate surface area is 378 Å². The Balaban J connectivity index is 1.13. The summed E-state index contributed by atoms with van der Waals surface area (Å²) in [6.07, 6.45) is 7.54. The summed E-state index contributed by atoms with van der Waals surface area (Å²) in [4.78, 5) is 31.6. The summed E-state index contributed by atoms with van der Waals surface area (Å²) in [6, 6.07) is 6.33. The maximum atomic E-state index is 15.3. The van der Waals surface area contributed by atoms with Gasteiger partial charge in [0.1, 0.15) is 35.9 Å². The molecule has 3 aliphatic heterocycles. The lowest BCUT2D eigenvalue weighted by atomic mass is 9.64. The number of methoxy groups -OCH3 is 3. The zero-order valence-corrected chi connectivity index (χ0v) is 39.2. The first-order chi connectivity index (χ1) is 30.8. The van der Waals surface area contributed by atoms with Crippen molar-refractivity contribution in [2.24, 2.45) is 35.5 Å². The molecular formula is C49H71FN4O10. The van der Waals surface area contributed by atoms with E-state index in [9.17, 15) is 9.18 Å². The average Bonchev–Trinajstić information content (AvgIpc) is 4.02. The van der Waals surface area contributed by atoms with E-state index in [1.165, 1.54) is 12.1 Å². The molecule has 0 N–H and O–H groups in total. The number of carbonyl (C=O) groups is 2. The van der Waals surface area contributed by atoms with Crippen molar-refractivity contribution in [3.05, 3.63) is 47.9 Å². The summed E-state index contributed by atoms with van der Waals surface area (Å²) >= 11 is 0. The van der Waals surface area contributed by atoms with Crippen LogP contribution in [0.1, 0.15) is 97.9 Å². The number of ether oxygens (including phenoxy) is 8. The maximum absolute atomic E-state index is 15.3. The third-order valence-corrected chi connectivity index (χ3v) is 15.7. The van der Waals surface area contributed by atoms with Gasteiger partial charge < -0.3 is 42.8 Å². The van der Waals surface area contributed by atoms with Gasteiger partial charge in [0.25, 0.3) is 0 Å². The number of rotatable bonds is 11. The molecular weight excluding hydrogens is 824 g/mol. The molecule has 0 amide bonds. The molecule has 1 aromatic carbocycles. The van der Waals surface area contributed by atoms with Gasteiger partial charge in [0.05, 0.1) is 43.1 Å². The monoisotopic (exact) mass is 895 g/mol. The summed E-state index contributed by atoms with van der Waals surface area (Å²) in [5.41, 5.74) is 2.05. The molecule has 0 spiro atoms. The SMILES string of the molecule is CC[C@H]1CCC[C@H](O[C@H]2CC[C@H](N(C)C)C(C)O2)[C@@H](C)C(=O)C2=C[C@H]3[C@@H]4C[C@H](O[C@@H]5OC(C)[C@H](OC)C(OC)[C@@H]5OC)C[C@H]4C[C@@H](n4cc(-c5ccc(F)cc5)nn4)[C@H]3[C@@H]2CC(=O)O1. The Kier molecular flexibility index (Phi) is 15.1. The van der Waals surface area contributed by atoms with Crippen LogP contribution in [0.5, 0.6) is 0 Å². The summed E-state index contributed by atoms with van der Waals surface area (Å²) in [7, 11) is 9.09. The summed E-state index contributed by atoms with van der Waals surface area (Å²) in [5, 5.41) is 9.30. The highest BCUT2D eigenvalue weighted by atomic mass is 19.1. The molecule has 64 heavy (non-hydrogen) atoms. The summed E-state index contributed by atoms with van der Waals surface area (Å²) < 4.78 is 66.3. The molecule has 18 atom stereocenters. The van der Waals surface area contributed by atoms with Gasteiger partial charge in [-0.1, -0.05) is 25.1 Å². The van der Waals surface area contributed by atoms with Crippen molar-refractivity contribution in [2.75, 3.05) is 35.4 Å². The van der Waals surface area contributed by atoms with Gasteiger partial charge in [-0.05, 0) is 139 Å². The molecule has 4 heterocycles. The predicted molar refractivity (Wildman–Crippen MR) is 234 cm³/mol. The lowest BCUT2D eigenvalue weighted by Crippen LogP contribution is -2.59. The van der Waals surface area contributed by atoms with Gasteiger partial charge in [-0.15, -0.1) is 5.10 Å². The fraction of sp³-hybridized carbons (Fsp3) is 0.755. The molecule has 0 bridgehead atoms. The Morgan fingerprint density at radius 1 is 0.875 bits per heavy atom. The zero-order chi connectivity index (χ0) is 45.4. The van der Waals surface area contributed by atoms with Crippen LogP contribution in [0, 0.1) is 41.3 Å². The minimum Gasteiger partial charge on any atom is -0.462 e. The van der Waals surface area contributed by atoms with E-state index in [1.54, 1.807) is 33.5 Å². The number of fused-ring (bicyclic) bond motifs is 5. The predicted octanol–water partition coefficient (Wildman–Crippen LogP) is 6.96. The van der Waals surface area contributed by atoms with Crippen LogP contribution in [0.2, 0.25) is 0 Å². The van der Waals surface area contributed by atoms with Gasteiger partial charge in [0.15, 0.2) is 18.4 Å². The van der Waals surface area contributed by atoms with E-state index in [-0.39, 0.29) is 90.3 Å². The molecule has 8 rings (SSSR count). The van der Waals surface area contributed by atoms with E-state index < -0.39 is 36.6 Å². The molecule has 0 radical (unpaired) electrons. The van der Waals surface area contributed by atoms with Crippen LogP contribution in [0.3, 0.4) is 0 Å². The number of benzene rings is 1. The highest BCUT2D eigenvalue weighted by Gasteiger charge is 2.57. The van der Waals surface area contributed by atoms with Crippen LogP contribution in [0.25, 0.3) is 11.3 Å². The maximum Gasteiger partial charge on any atom is 0.306 e. The van der Waals surface area contributed by atoms with Gasteiger partial charge in [0.2, 0.25) is 0 Å². The number of ketones is 1. The molecule has 2 aromatic rings. The lowest BCUT2D eigenvalue weighted by molar-refractivity contribution is -0.314. The van der Waals surface area contributed by atoms with Crippen LogP contribution >= 0.6 is 0 Å². The number of halogens is 1. The normalized spacial score (nSPS) is 40.8. The molecule has 5 fully saturated rings. The number of Topliss-reactive ketones (excluding diaryl/α,β-unsaturated/α-hetero) is 1. The molecule has 3 unspecified atom stereocenters. The molecule has 3 aliphatic carbocycles. The van der Waals surface area contributed by atoms with Gasteiger partial charge in [-0.25, -0.2) is 9.07 Å². The second-order valence-electron chi connectivity index (χ2n) is 19.6. The smallest absolute Gasteiger partial charge is 0.306 e. The van der Waals surface area contributed by atoms with Crippen molar-refractivity contribution in [1.29, 1.82) is 0 Å². The number of carbonyl (C=O) groups excluding carboxylic acids is 2. The molecule has 1 aromatic heterocycles. The van der Waals surface area contributed by atoms with Gasteiger partial charge >= 0.3 is 5.97 Å². The van der Waals surface area contributed by atoms with Gasteiger partial charge in [-0.3, -0.25) is 9.59 Å². The number of allylic oxidation sites excluding steroid dienone is 2. The minimum atomic E-state index is -0.677. The average molecular weight is 895 g/mol. The van der Waals surface area contributed by atoms with E-state index in [0.717, 1.165) is 44.1 Å². The largest absolute Gasteiger partial charge is 0.462 e. The van der Waals surface area contributed by atoms with Crippen LogP contribution in [-0.2, 0) is 47.5 Å². The fourth-order valence-corrected chi connectivity index (χ4v) is 12.5. The molecule has 354 valence electrons. The van der Waals surface area contributed by atoms with E-state index in [0.29, 0.717) is 36.6 Å². The Morgan fingerprint density at radius 3 is 2.31 bits per heavy atom. The number of aromatic nitrogens is 3. The Hall–Kier alpha value is -3.15. The Bertz CT molecular complexity index is 1930. The van der Waals surface area contributed by atoms with Crippen molar-refractivity contribution in [3.8, 4) is 11.3 Å². The number of likely N-dealkylation sites (N-methyl/N-ethyl adjacent to an activating group) is 1. The summed E-state index contributed by atoms with van der Waals surface area (Å²) in [5.74, 6) is -1.35. The van der Waals surface area contributed by atoms with Crippen LogP contribution in [-0.4, -0.2) is 135 Å². The first-order valence-corrected chi connectivity index (χ1v) is 23.8. The first kappa shape index (κ1) is 47.3. The van der Waals surface area contributed by atoms with Crippen LogP contribution < -0.4 is 0 Å². The highest BCUT2D eigenvalue weighted by molar-refractivity contribution is 5.99. The van der Waals surface area contributed by atoms with Crippen LogP contribution in [0.4, 0.5) is 4.39 Å². The third kappa shape index (κ3) is 9.65. The minimum absolute atomic E-state index is 0.0114. The van der Waals surface area contributed by atoms with E-state index >= 15 is 4.79 Å². The number of hydrogen-bond acceptors (Lipinski definition) is 13. The molecule has 3 saturated heterocycles. The third-order valence-electron chi connectivity index (χ3n) is 15.7. The lowest BCUT2D eigenvalue weighted by Gasteiger charge is -2.44. The van der Waals surface area contributed by atoms with Crippen molar-refractivity contribution in [1.82, 2.24) is 19.9 Å². The fourth-order valence-electron chi connectivity index (χ4n) is 12.5. The number of cyclic esters (lactones) is 1. The number of nitrogens with zero attached hydrogens (tertiary/aromatic N) is 4. The van der Waals surface area contributed by atoms with Crippen molar-refractivity contribution < 1.29 is 51.9 Å². The van der Waals surface area contributed by atoms with Crippen molar-refractivity contribution in [2.45, 2.75) is 165 Å². The van der Waals surface area contributed by atoms with Crippen LogP contribution in [0.15, 0.2) is 42.1 Å². The second-order valence-corrected chi connectivity index (χ2v) is 19.6. The number of esters is 1. The molecule has 15 heteroatoms. The van der Waals surface area contributed by atoms with Gasteiger partial charge in [-0.2, -0.15) is 0 Å². The van der Waals surface area contributed by atoms with Crippen molar-refractivity contribution in [3.63, 3.8) is 0 Å². The quantitative estimate of drug-likeness (QED) is 0.215. The first-order valence-electron chi connectivity index (χ1n) is 23.8. The molecule has 14 nitrogen and oxygen atoms in total. The number of hydrogen-bond donors (Lipinski definition) is 0.